The smallest absolute Gasteiger partial charge is 0.256 e. The summed E-state index contributed by atoms with van der Waals surface area (Å²) in [6.45, 7) is 2.61. The fraction of sp³-hybridized carbons (Fsp3) is 0.200. The van der Waals surface area contributed by atoms with Crippen LogP contribution in [0.15, 0.2) is 89.5 Å². The summed E-state index contributed by atoms with van der Waals surface area (Å²) in [7, 11) is 1.63. The molecule has 4 aromatic rings. The minimum absolute atomic E-state index is 0.00494. The van der Waals surface area contributed by atoms with Gasteiger partial charge in [-0.05, 0) is 66.1 Å². The van der Waals surface area contributed by atoms with E-state index < -0.39 is 0 Å². The second-order valence-electron chi connectivity index (χ2n) is 8.63. The van der Waals surface area contributed by atoms with Gasteiger partial charge in [-0.25, -0.2) is 0 Å². The van der Waals surface area contributed by atoms with Crippen LogP contribution in [0.25, 0.3) is 11.1 Å². The van der Waals surface area contributed by atoms with Crippen LogP contribution in [0.1, 0.15) is 41.4 Å². The maximum Gasteiger partial charge on any atom is 0.256 e. The normalized spacial score (nSPS) is 10.7. The third-order valence-electron chi connectivity index (χ3n) is 5.91. The minimum Gasteiger partial charge on any atom is -0.496 e. The van der Waals surface area contributed by atoms with Gasteiger partial charge in [-0.2, -0.15) is 0 Å². The third kappa shape index (κ3) is 6.60. The largest absolute Gasteiger partial charge is 0.496 e. The highest BCUT2D eigenvalue weighted by molar-refractivity contribution is 6.33. The minimum atomic E-state index is -0.188. The van der Waals surface area contributed by atoms with Gasteiger partial charge < -0.3 is 19.4 Å². The van der Waals surface area contributed by atoms with Crippen LogP contribution in [0.3, 0.4) is 0 Å². The highest BCUT2D eigenvalue weighted by Crippen LogP contribution is 2.32. The molecule has 7 heteroatoms. The van der Waals surface area contributed by atoms with E-state index in [0.29, 0.717) is 41.6 Å². The maximum atomic E-state index is 13.5. The van der Waals surface area contributed by atoms with Crippen molar-refractivity contribution >= 4 is 29.1 Å². The van der Waals surface area contributed by atoms with Crippen molar-refractivity contribution in [1.29, 1.82) is 0 Å². The van der Waals surface area contributed by atoms with Gasteiger partial charge in [0.2, 0.25) is 5.91 Å². The van der Waals surface area contributed by atoms with Crippen molar-refractivity contribution in [2.75, 3.05) is 12.4 Å². The average Bonchev–Trinajstić information content (AvgIpc) is 3.42. The summed E-state index contributed by atoms with van der Waals surface area (Å²) in [5.74, 6) is 1.19. The Morgan fingerprint density at radius 3 is 2.43 bits per heavy atom. The molecule has 190 valence electrons. The summed E-state index contributed by atoms with van der Waals surface area (Å²) in [6, 6.07) is 24.1. The third-order valence-corrected chi connectivity index (χ3v) is 6.24. The number of rotatable bonds is 10. The predicted molar refractivity (Wildman–Crippen MR) is 146 cm³/mol. The molecule has 0 bridgehead atoms. The highest BCUT2D eigenvalue weighted by Gasteiger charge is 2.21. The van der Waals surface area contributed by atoms with E-state index in [4.69, 9.17) is 20.8 Å². The Hall–Kier alpha value is -4.03. The molecule has 0 saturated carbocycles. The number of halogens is 1. The number of hydrogen-bond donors (Lipinski definition) is 1. The van der Waals surface area contributed by atoms with Crippen LogP contribution in [0.2, 0.25) is 5.02 Å². The van der Waals surface area contributed by atoms with Gasteiger partial charge in [0.15, 0.2) is 0 Å². The summed E-state index contributed by atoms with van der Waals surface area (Å²) in [5.41, 5.74) is 3.91. The number of carbonyl (C=O) groups is 2. The Kier molecular flexibility index (Phi) is 8.64. The predicted octanol–water partition coefficient (Wildman–Crippen LogP) is 7.19. The number of methoxy groups -OCH3 is 1. The lowest BCUT2D eigenvalue weighted by molar-refractivity contribution is -0.116. The monoisotopic (exact) mass is 516 g/mol. The molecular weight excluding hydrogens is 488 g/mol. The first-order valence-electron chi connectivity index (χ1n) is 12.1. The number of nitrogens with zero attached hydrogens (tertiary/aromatic N) is 1. The summed E-state index contributed by atoms with van der Waals surface area (Å²) < 4.78 is 11.1. The van der Waals surface area contributed by atoms with Crippen LogP contribution in [0.5, 0.6) is 5.75 Å². The number of nitrogens with one attached hydrogen (secondary N) is 1. The molecule has 0 saturated heterocycles. The Morgan fingerprint density at radius 1 is 0.973 bits per heavy atom. The van der Waals surface area contributed by atoms with E-state index in [1.807, 2.05) is 55.5 Å². The summed E-state index contributed by atoms with van der Waals surface area (Å²) in [5, 5.41) is 3.31. The van der Waals surface area contributed by atoms with Crippen molar-refractivity contribution in [2.45, 2.75) is 32.9 Å². The quantitative estimate of drug-likeness (QED) is 0.242. The first kappa shape index (κ1) is 26.0. The summed E-state index contributed by atoms with van der Waals surface area (Å²) in [6.07, 6.45) is 2.87. The van der Waals surface area contributed by atoms with Gasteiger partial charge in [0.05, 0.1) is 30.5 Å². The lowest BCUT2D eigenvalue weighted by atomic mass is 10.0. The van der Waals surface area contributed by atoms with Crippen LogP contribution >= 0.6 is 11.6 Å². The molecule has 3 aromatic carbocycles. The lowest BCUT2D eigenvalue weighted by Crippen LogP contribution is -2.30. The zero-order valence-electron chi connectivity index (χ0n) is 20.9. The van der Waals surface area contributed by atoms with Crippen LogP contribution in [0.4, 0.5) is 5.69 Å². The molecule has 2 amide bonds. The topological polar surface area (TPSA) is 71.8 Å². The van der Waals surface area contributed by atoms with E-state index in [2.05, 4.69) is 5.32 Å². The van der Waals surface area contributed by atoms with Crippen LogP contribution in [0, 0.1) is 0 Å². The molecule has 4 rings (SSSR count). The van der Waals surface area contributed by atoms with Crippen LogP contribution in [-0.4, -0.2) is 23.8 Å². The van der Waals surface area contributed by atoms with E-state index in [-0.39, 0.29) is 11.8 Å². The molecule has 0 aliphatic carbocycles. The van der Waals surface area contributed by atoms with E-state index >= 15 is 0 Å². The Labute approximate surface area is 221 Å². The molecule has 1 aromatic heterocycles. The number of benzene rings is 3. The standard InChI is InChI=1S/C30H29ClN2O4/c1-3-7-29(34)32-23-14-12-22(13-15-23)26-18-21(11-16-28(26)36-2)19-33(20-24-8-6-17-37-24)30(35)25-9-4-5-10-27(25)31/h4-6,8-18H,3,7,19-20H2,1-2H3,(H,32,34). The molecule has 0 aliphatic heterocycles. The molecule has 0 unspecified atom stereocenters. The number of hydrogen-bond acceptors (Lipinski definition) is 4. The first-order valence-corrected chi connectivity index (χ1v) is 12.5. The van der Waals surface area contributed by atoms with Crippen LogP contribution in [-0.2, 0) is 17.9 Å². The molecule has 0 radical (unpaired) electrons. The Bertz CT molecular complexity index is 1350. The second kappa shape index (κ2) is 12.3. The van der Waals surface area contributed by atoms with Gasteiger partial charge >= 0.3 is 0 Å². The average molecular weight is 517 g/mol. The summed E-state index contributed by atoms with van der Waals surface area (Å²) in [4.78, 5) is 27.1. The van der Waals surface area contributed by atoms with Gasteiger partial charge in [0.25, 0.3) is 5.91 Å². The first-order chi connectivity index (χ1) is 18.0. The zero-order chi connectivity index (χ0) is 26.2. The second-order valence-corrected chi connectivity index (χ2v) is 9.04. The molecular formula is C30H29ClN2O4. The maximum absolute atomic E-state index is 13.5. The van der Waals surface area contributed by atoms with Crippen molar-refractivity contribution in [2.24, 2.45) is 0 Å². The number of furan rings is 1. The fourth-order valence-electron chi connectivity index (χ4n) is 4.08. The van der Waals surface area contributed by atoms with Crippen molar-refractivity contribution < 1.29 is 18.7 Å². The van der Waals surface area contributed by atoms with Gasteiger partial charge in [0.1, 0.15) is 11.5 Å². The molecule has 6 nitrogen and oxygen atoms in total. The molecule has 1 heterocycles. The number of amides is 2. The molecule has 0 spiro atoms. The van der Waals surface area contributed by atoms with Crippen molar-refractivity contribution in [3.8, 4) is 16.9 Å². The van der Waals surface area contributed by atoms with Crippen molar-refractivity contribution in [3.05, 3.63) is 107 Å². The van der Waals surface area contributed by atoms with Crippen molar-refractivity contribution in [1.82, 2.24) is 4.90 Å². The molecule has 0 fully saturated rings. The van der Waals surface area contributed by atoms with Gasteiger partial charge in [0, 0.05) is 24.2 Å². The van der Waals surface area contributed by atoms with Gasteiger partial charge in [-0.3, -0.25) is 9.59 Å². The lowest BCUT2D eigenvalue weighted by Gasteiger charge is -2.23. The Balaban J connectivity index is 1.62. The number of carbonyl (C=O) groups excluding carboxylic acids is 2. The Morgan fingerprint density at radius 2 is 1.76 bits per heavy atom. The fourth-order valence-corrected chi connectivity index (χ4v) is 4.29. The SMILES string of the molecule is CCCC(=O)Nc1ccc(-c2cc(CN(Cc3ccco3)C(=O)c3ccccc3Cl)ccc2OC)cc1. The molecule has 0 atom stereocenters. The summed E-state index contributed by atoms with van der Waals surface area (Å²) >= 11 is 6.34. The highest BCUT2D eigenvalue weighted by atomic mass is 35.5. The number of ether oxygens (including phenoxy) is 1. The van der Waals surface area contributed by atoms with Crippen molar-refractivity contribution in [3.63, 3.8) is 0 Å². The van der Waals surface area contributed by atoms with E-state index in [1.54, 1.807) is 48.6 Å². The molecule has 37 heavy (non-hydrogen) atoms. The van der Waals surface area contributed by atoms with E-state index in [1.165, 1.54) is 0 Å². The molecule has 1 N–H and O–H groups in total. The molecule has 0 aliphatic rings. The number of anilines is 1. The van der Waals surface area contributed by atoms with E-state index in [0.717, 1.165) is 28.8 Å². The van der Waals surface area contributed by atoms with Gasteiger partial charge in [-0.1, -0.05) is 48.9 Å². The van der Waals surface area contributed by atoms with Gasteiger partial charge in [-0.15, -0.1) is 0 Å². The van der Waals surface area contributed by atoms with Crippen LogP contribution < -0.4 is 10.1 Å². The zero-order valence-corrected chi connectivity index (χ0v) is 21.6. The van der Waals surface area contributed by atoms with E-state index in [9.17, 15) is 9.59 Å².